The Morgan fingerprint density at radius 2 is 2.19 bits per heavy atom. The zero-order valence-corrected chi connectivity index (χ0v) is 14.5. The molecule has 0 atom stereocenters. The third kappa shape index (κ3) is 3.49. The number of hydrogen-bond acceptors (Lipinski definition) is 5. The normalized spacial score (nSPS) is 14.7. The van der Waals surface area contributed by atoms with Crippen LogP contribution in [0.25, 0.3) is 22.6 Å². The molecule has 1 aliphatic heterocycles. The number of rotatable bonds is 4. The van der Waals surface area contributed by atoms with Crippen molar-refractivity contribution in [3.8, 4) is 11.5 Å². The number of anilines is 1. The number of urea groups is 1. The van der Waals surface area contributed by atoms with Gasteiger partial charge in [0.1, 0.15) is 11.5 Å². The molecule has 0 radical (unpaired) electrons. The van der Waals surface area contributed by atoms with E-state index in [0.717, 1.165) is 0 Å². The van der Waals surface area contributed by atoms with Crippen LogP contribution in [0.3, 0.4) is 0 Å². The minimum atomic E-state index is -0.417. The number of aromatic amines is 2. The Bertz CT molecular complexity index is 963. The summed E-state index contributed by atoms with van der Waals surface area (Å²) in [5.41, 5.74) is 2.46. The first kappa shape index (κ1) is 17.4. The fourth-order valence-corrected chi connectivity index (χ4v) is 3.03. The molecule has 2 amide bonds. The maximum atomic E-state index is 14.1. The predicted octanol–water partition coefficient (Wildman–Crippen LogP) is 1.49. The lowest BCUT2D eigenvalue weighted by Gasteiger charge is -2.26. The highest BCUT2D eigenvalue weighted by Gasteiger charge is 2.20. The first-order valence-electron chi connectivity index (χ1n) is 8.62. The molecule has 1 saturated heterocycles. The molecule has 10 heteroatoms. The van der Waals surface area contributed by atoms with Gasteiger partial charge in [-0.25, -0.2) is 14.2 Å². The second-order valence-corrected chi connectivity index (χ2v) is 6.21. The highest BCUT2D eigenvalue weighted by molar-refractivity contribution is 5.93. The van der Waals surface area contributed by atoms with Crippen LogP contribution < -0.4 is 5.32 Å². The summed E-state index contributed by atoms with van der Waals surface area (Å²) >= 11 is 0. The number of H-pyrrole nitrogens is 2. The van der Waals surface area contributed by atoms with E-state index < -0.39 is 5.82 Å². The van der Waals surface area contributed by atoms with Crippen molar-refractivity contribution in [3.63, 3.8) is 0 Å². The largest absolute Gasteiger partial charge is 0.396 e. The number of benzene rings is 1. The van der Waals surface area contributed by atoms with E-state index in [1.54, 1.807) is 11.0 Å². The fraction of sp³-hybridized carbons (Fsp3) is 0.353. The molecule has 1 aliphatic rings. The van der Waals surface area contributed by atoms with Crippen LogP contribution in [0.15, 0.2) is 18.3 Å². The number of aliphatic hydroxyl groups excluding tert-OH is 1. The third-order valence-electron chi connectivity index (χ3n) is 4.45. The summed E-state index contributed by atoms with van der Waals surface area (Å²) in [6.45, 7) is 1.93. The molecular weight excluding hydrogens is 355 g/mol. The molecule has 0 aliphatic carbocycles. The summed E-state index contributed by atoms with van der Waals surface area (Å²) < 4.78 is 19.3. The maximum Gasteiger partial charge on any atom is 0.322 e. The molecule has 0 unspecified atom stereocenters. The summed E-state index contributed by atoms with van der Waals surface area (Å²) in [6.07, 6.45) is 1.72. The molecule has 0 saturated carbocycles. The number of aliphatic hydroxyl groups is 1. The van der Waals surface area contributed by atoms with Crippen molar-refractivity contribution >= 4 is 22.8 Å². The van der Waals surface area contributed by atoms with Gasteiger partial charge in [-0.3, -0.25) is 5.10 Å². The number of fused-ring (bicyclic) bond motifs is 1. The first-order valence-corrected chi connectivity index (χ1v) is 8.62. The molecule has 1 fully saturated rings. The van der Waals surface area contributed by atoms with Gasteiger partial charge in [-0.2, -0.15) is 5.10 Å². The van der Waals surface area contributed by atoms with Gasteiger partial charge in [0.15, 0.2) is 5.82 Å². The molecule has 4 rings (SSSR count). The number of morpholine rings is 1. The Kier molecular flexibility index (Phi) is 4.73. The van der Waals surface area contributed by atoms with Crippen molar-refractivity contribution in [3.05, 3.63) is 29.7 Å². The lowest BCUT2D eigenvalue weighted by molar-refractivity contribution is 0.0564. The zero-order chi connectivity index (χ0) is 18.8. The van der Waals surface area contributed by atoms with E-state index in [1.165, 1.54) is 12.3 Å². The number of nitrogens with zero attached hydrogens (tertiary/aromatic N) is 3. The Labute approximate surface area is 153 Å². The molecule has 2 aromatic heterocycles. The van der Waals surface area contributed by atoms with Crippen LogP contribution in [0.1, 0.15) is 5.56 Å². The number of amides is 2. The second kappa shape index (κ2) is 7.33. The van der Waals surface area contributed by atoms with Crippen LogP contribution in [0, 0.1) is 5.82 Å². The summed E-state index contributed by atoms with van der Waals surface area (Å²) in [6, 6.07) is 2.70. The van der Waals surface area contributed by atoms with Crippen molar-refractivity contribution in [2.45, 2.75) is 6.42 Å². The minimum Gasteiger partial charge on any atom is -0.396 e. The average Bonchev–Trinajstić information content (AvgIpc) is 3.29. The average molecular weight is 374 g/mol. The Morgan fingerprint density at radius 3 is 2.96 bits per heavy atom. The number of hydrogen-bond donors (Lipinski definition) is 4. The first-order chi connectivity index (χ1) is 13.2. The van der Waals surface area contributed by atoms with Gasteiger partial charge in [0, 0.05) is 25.8 Å². The predicted molar refractivity (Wildman–Crippen MR) is 95.8 cm³/mol. The van der Waals surface area contributed by atoms with Crippen LogP contribution in [-0.2, 0) is 11.2 Å². The quantitative estimate of drug-likeness (QED) is 0.552. The lowest BCUT2D eigenvalue weighted by atomic mass is 10.1. The molecule has 27 heavy (non-hydrogen) atoms. The standard InChI is InChI=1S/C17H19FN6O3/c18-11-8-13-12(7-10(11)1-4-25)20-16(21-13)15-14(9-19-23-15)22-17(26)24-2-5-27-6-3-24/h7-9,25H,1-6H2,(H,19,23)(H,20,21)(H,22,26). The van der Waals surface area contributed by atoms with Gasteiger partial charge in [0.2, 0.25) is 0 Å². The van der Waals surface area contributed by atoms with Crippen LogP contribution in [0.4, 0.5) is 14.9 Å². The molecule has 3 heterocycles. The van der Waals surface area contributed by atoms with E-state index in [2.05, 4.69) is 25.5 Å². The molecule has 4 N–H and O–H groups in total. The van der Waals surface area contributed by atoms with Crippen LogP contribution >= 0.6 is 0 Å². The highest BCUT2D eigenvalue weighted by Crippen LogP contribution is 2.27. The van der Waals surface area contributed by atoms with Gasteiger partial charge in [0.05, 0.1) is 36.1 Å². The summed E-state index contributed by atoms with van der Waals surface area (Å²) in [7, 11) is 0. The number of carbonyl (C=O) groups is 1. The van der Waals surface area contributed by atoms with Crippen LogP contribution in [0.2, 0.25) is 0 Å². The number of halogens is 1. The van der Waals surface area contributed by atoms with Crippen molar-refractivity contribution in [1.82, 2.24) is 25.1 Å². The van der Waals surface area contributed by atoms with E-state index in [9.17, 15) is 9.18 Å². The van der Waals surface area contributed by atoms with Gasteiger partial charge in [-0.15, -0.1) is 0 Å². The van der Waals surface area contributed by atoms with E-state index in [4.69, 9.17) is 9.84 Å². The maximum absolute atomic E-state index is 14.1. The van der Waals surface area contributed by atoms with Crippen LogP contribution in [-0.4, -0.2) is 69.1 Å². The third-order valence-corrected chi connectivity index (χ3v) is 4.45. The van der Waals surface area contributed by atoms with Crippen molar-refractivity contribution in [2.24, 2.45) is 0 Å². The molecular formula is C17H19FN6O3. The number of imidazole rings is 1. The Hall–Kier alpha value is -2.98. The van der Waals surface area contributed by atoms with Crippen molar-refractivity contribution in [2.75, 3.05) is 38.2 Å². The van der Waals surface area contributed by atoms with E-state index >= 15 is 0 Å². The van der Waals surface area contributed by atoms with Gasteiger partial charge in [-0.05, 0) is 18.1 Å². The molecule has 1 aromatic carbocycles. The van der Waals surface area contributed by atoms with Gasteiger partial charge >= 0.3 is 6.03 Å². The number of ether oxygens (including phenoxy) is 1. The topological polar surface area (TPSA) is 119 Å². The highest BCUT2D eigenvalue weighted by atomic mass is 19.1. The molecule has 142 valence electrons. The molecule has 0 spiro atoms. The van der Waals surface area contributed by atoms with E-state index in [0.29, 0.717) is 60.1 Å². The van der Waals surface area contributed by atoms with Gasteiger partial charge in [-0.1, -0.05) is 0 Å². The van der Waals surface area contributed by atoms with Crippen LogP contribution in [0.5, 0.6) is 0 Å². The fourth-order valence-electron chi connectivity index (χ4n) is 3.03. The zero-order valence-electron chi connectivity index (χ0n) is 14.5. The summed E-state index contributed by atoms with van der Waals surface area (Å²) in [5.74, 6) is 0.0142. The molecule has 3 aromatic rings. The Balaban J connectivity index is 1.60. The number of nitrogens with one attached hydrogen (secondary N) is 3. The lowest BCUT2D eigenvalue weighted by Crippen LogP contribution is -2.43. The number of aromatic nitrogens is 4. The molecule has 0 bridgehead atoms. The smallest absolute Gasteiger partial charge is 0.322 e. The van der Waals surface area contributed by atoms with E-state index in [1.807, 2.05) is 0 Å². The number of carbonyl (C=O) groups excluding carboxylic acids is 1. The minimum absolute atomic E-state index is 0.137. The van der Waals surface area contributed by atoms with Crippen molar-refractivity contribution < 1.29 is 19.0 Å². The second-order valence-electron chi connectivity index (χ2n) is 6.21. The Morgan fingerprint density at radius 1 is 1.37 bits per heavy atom. The monoisotopic (exact) mass is 374 g/mol. The van der Waals surface area contributed by atoms with Gasteiger partial charge < -0.3 is 25.0 Å². The van der Waals surface area contributed by atoms with Gasteiger partial charge in [0.25, 0.3) is 0 Å². The SMILES string of the molecule is O=C(Nc1cn[nH]c1-c1nc2cc(F)c(CCO)cc2[nH]1)N1CCOCC1. The van der Waals surface area contributed by atoms with Crippen molar-refractivity contribution in [1.29, 1.82) is 0 Å². The summed E-state index contributed by atoms with van der Waals surface area (Å²) in [5, 5.41) is 18.6. The molecule has 9 nitrogen and oxygen atoms in total. The summed E-state index contributed by atoms with van der Waals surface area (Å²) in [4.78, 5) is 21.5. The van der Waals surface area contributed by atoms with E-state index in [-0.39, 0.29) is 19.1 Å².